The van der Waals surface area contributed by atoms with Crippen molar-refractivity contribution in [2.24, 2.45) is 0 Å². The zero-order valence-corrected chi connectivity index (χ0v) is 14.0. The topological polar surface area (TPSA) is 58.2 Å². The van der Waals surface area contributed by atoms with Gasteiger partial charge in [-0.05, 0) is 25.5 Å². The van der Waals surface area contributed by atoms with Crippen LogP contribution in [0.2, 0.25) is 0 Å². The molecule has 6 heteroatoms. The number of fused-ring (bicyclic) bond motifs is 1. The van der Waals surface area contributed by atoms with E-state index in [0.29, 0.717) is 24.2 Å². The molecule has 1 aliphatic heterocycles. The van der Waals surface area contributed by atoms with E-state index in [4.69, 9.17) is 4.74 Å². The van der Waals surface area contributed by atoms with Crippen molar-refractivity contribution in [3.8, 4) is 11.3 Å². The number of halogens is 1. The van der Waals surface area contributed by atoms with Crippen LogP contribution in [0.25, 0.3) is 11.3 Å². The number of benzene rings is 1. The van der Waals surface area contributed by atoms with Crippen molar-refractivity contribution in [2.45, 2.75) is 38.8 Å². The minimum Gasteiger partial charge on any atom is -0.469 e. The fraction of sp³-hybridized carbons (Fsp3) is 0.444. The van der Waals surface area contributed by atoms with Crippen molar-refractivity contribution in [3.63, 3.8) is 0 Å². The molecule has 2 aromatic rings. The summed E-state index contributed by atoms with van der Waals surface area (Å²) >= 11 is 0. The van der Waals surface area contributed by atoms with Gasteiger partial charge in [0.2, 0.25) is 0 Å². The molecule has 1 atom stereocenters. The average Bonchev–Trinajstić information content (AvgIpc) is 3.02. The number of esters is 1. The van der Waals surface area contributed by atoms with Gasteiger partial charge in [0.15, 0.2) is 0 Å². The Morgan fingerprint density at radius 3 is 3.00 bits per heavy atom. The van der Waals surface area contributed by atoms with Crippen molar-refractivity contribution in [1.82, 2.24) is 15.1 Å². The lowest BCUT2D eigenvalue weighted by Gasteiger charge is -2.32. The minimum atomic E-state index is -0.261. The van der Waals surface area contributed by atoms with Gasteiger partial charge in [-0.2, -0.15) is 5.10 Å². The first-order chi connectivity index (χ1) is 11.6. The molecule has 1 aliphatic rings. The van der Waals surface area contributed by atoms with Crippen LogP contribution in [0.1, 0.15) is 31.0 Å². The predicted octanol–water partition coefficient (Wildman–Crippen LogP) is 2.92. The Bertz CT molecular complexity index is 729. The highest BCUT2D eigenvalue weighted by molar-refractivity contribution is 5.69. The molecule has 1 unspecified atom stereocenters. The fourth-order valence-electron chi connectivity index (χ4n) is 3.18. The Balaban J connectivity index is 1.77. The molecule has 0 amide bonds. The number of hydrogen-bond acceptors (Lipinski definition) is 4. The summed E-state index contributed by atoms with van der Waals surface area (Å²) in [5.41, 5.74) is 3.34. The number of aromatic amines is 1. The lowest BCUT2D eigenvalue weighted by atomic mass is 9.99. The normalized spacial score (nSPS) is 15.8. The molecular weight excluding hydrogens is 309 g/mol. The van der Waals surface area contributed by atoms with Crippen molar-refractivity contribution >= 4 is 5.97 Å². The highest BCUT2D eigenvalue weighted by Crippen LogP contribution is 2.30. The molecule has 128 valence electrons. The zero-order chi connectivity index (χ0) is 17.1. The van der Waals surface area contributed by atoms with E-state index in [1.54, 1.807) is 12.1 Å². The number of aromatic nitrogens is 2. The molecule has 0 aliphatic carbocycles. The van der Waals surface area contributed by atoms with Crippen LogP contribution in [-0.4, -0.2) is 40.8 Å². The summed E-state index contributed by atoms with van der Waals surface area (Å²) in [6.07, 6.45) is 2.00. The third-order valence-corrected chi connectivity index (χ3v) is 4.71. The van der Waals surface area contributed by atoms with Gasteiger partial charge in [-0.25, -0.2) is 4.39 Å². The Hall–Kier alpha value is -2.21. The molecule has 0 spiro atoms. The van der Waals surface area contributed by atoms with Crippen LogP contribution in [0, 0.1) is 5.82 Å². The van der Waals surface area contributed by atoms with Crippen molar-refractivity contribution < 1.29 is 13.9 Å². The van der Waals surface area contributed by atoms with Crippen LogP contribution in [0.15, 0.2) is 24.3 Å². The van der Waals surface area contributed by atoms with Gasteiger partial charge in [-0.1, -0.05) is 12.1 Å². The fourth-order valence-corrected chi connectivity index (χ4v) is 3.18. The van der Waals surface area contributed by atoms with E-state index in [2.05, 4.69) is 22.0 Å². The quantitative estimate of drug-likeness (QED) is 0.856. The van der Waals surface area contributed by atoms with Gasteiger partial charge in [-0.15, -0.1) is 0 Å². The van der Waals surface area contributed by atoms with E-state index >= 15 is 0 Å². The number of H-pyrrole nitrogens is 1. The van der Waals surface area contributed by atoms with Gasteiger partial charge in [0, 0.05) is 48.8 Å². The molecule has 24 heavy (non-hydrogen) atoms. The number of nitrogens with one attached hydrogen (secondary N) is 1. The first-order valence-electron chi connectivity index (χ1n) is 8.22. The Kier molecular flexibility index (Phi) is 4.94. The molecule has 0 saturated heterocycles. The van der Waals surface area contributed by atoms with Crippen molar-refractivity contribution in [2.75, 3.05) is 13.7 Å². The monoisotopic (exact) mass is 331 g/mol. The predicted molar refractivity (Wildman–Crippen MR) is 88.8 cm³/mol. The maximum atomic E-state index is 14.1. The van der Waals surface area contributed by atoms with Crippen molar-refractivity contribution in [1.29, 1.82) is 0 Å². The second kappa shape index (κ2) is 7.13. The smallest absolute Gasteiger partial charge is 0.305 e. The lowest BCUT2D eigenvalue weighted by molar-refractivity contribution is -0.141. The maximum absolute atomic E-state index is 14.1. The summed E-state index contributed by atoms with van der Waals surface area (Å²) < 4.78 is 18.8. The summed E-state index contributed by atoms with van der Waals surface area (Å²) in [7, 11) is 1.41. The number of hydrogen-bond donors (Lipinski definition) is 1. The maximum Gasteiger partial charge on any atom is 0.305 e. The number of carbonyl (C=O) groups is 1. The molecule has 1 aromatic heterocycles. The summed E-state index contributed by atoms with van der Waals surface area (Å²) in [4.78, 5) is 13.6. The highest BCUT2D eigenvalue weighted by atomic mass is 19.1. The molecule has 1 aromatic carbocycles. The third kappa shape index (κ3) is 3.33. The number of rotatable bonds is 5. The molecule has 1 N–H and O–H groups in total. The van der Waals surface area contributed by atoms with E-state index < -0.39 is 0 Å². The second-order valence-electron chi connectivity index (χ2n) is 6.19. The molecule has 0 fully saturated rings. The third-order valence-electron chi connectivity index (χ3n) is 4.71. The van der Waals surface area contributed by atoms with Gasteiger partial charge in [-0.3, -0.25) is 14.8 Å². The van der Waals surface area contributed by atoms with E-state index in [-0.39, 0.29) is 17.8 Å². The van der Waals surface area contributed by atoms with Gasteiger partial charge < -0.3 is 4.74 Å². The van der Waals surface area contributed by atoms with Gasteiger partial charge in [0.25, 0.3) is 0 Å². The number of nitrogens with zero attached hydrogens (tertiary/aromatic N) is 2. The van der Waals surface area contributed by atoms with Crippen LogP contribution >= 0.6 is 0 Å². The molecule has 2 heterocycles. The van der Waals surface area contributed by atoms with E-state index in [0.717, 1.165) is 30.6 Å². The van der Waals surface area contributed by atoms with Crippen LogP contribution < -0.4 is 0 Å². The Morgan fingerprint density at radius 1 is 1.46 bits per heavy atom. The van der Waals surface area contributed by atoms with Gasteiger partial charge in [0.1, 0.15) is 5.82 Å². The van der Waals surface area contributed by atoms with Crippen LogP contribution in [0.3, 0.4) is 0 Å². The summed E-state index contributed by atoms with van der Waals surface area (Å²) in [5, 5.41) is 7.40. The Morgan fingerprint density at radius 2 is 2.25 bits per heavy atom. The largest absolute Gasteiger partial charge is 0.469 e. The lowest BCUT2D eigenvalue weighted by Crippen LogP contribution is -2.37. The molecule has 3 rings (SSSR count). The summed E-state index contributed by atoms with van der Waals surface area (Å²) in [6.45, 7) is 3.71. The number of carbonyl (C=O) groups excluding carboxylic acids is 1. The first kappa shape index (κ1) is 16.6. The first-order valence-corrected chi connectivity index (χ1v) is 8.22. The number of ether oxygens (including phenoxy) is 1. The summed E-state index contributed by atoms with van der Waals surface area (Å²) in [6, 6.07) is 6.96. The second-order valence-corrected chi connectivity index (χ2v) is 6.19. The highest BCUT2D eigenvalue weighted by Gasteiger charge is 2.26. The zero-order valence-electron chi connectivity index (χ0n) is 14.0. The molecule has 0 saturated carbocycles. The molecular formula is C18H22FN3O2. The molecule has 0 bridgehead atoms. The number of methoxy groups -OCH3 is 1. The molecule has 5 nitrogen and oxygen atoms in total. The van der Waals surface area contributed by atoms with Crippen LogP contribution in [0.4, 0.5) is 4.39 Å². The SMILES string of the molecule is COC(=O)CCC(C)N1CCc2[nH]nc(-c3ccccc3F)c2C1. The van der Waals surface area contributed by atoms with Gasteiger partial charge >= 0.3 is 5.97 Å². The van der Waals surface area contributed by atoms with Crippen LogP contribution in [0.5, 0.6) is 0 Å². The molecule has 0 radical (unpaired) electrons. The van der Waals surface area contributed by atoms with E-state index in [9.17, 15) is 9.18 Å². The Labute approximate surface area is 140 Å². The van der Waals surface area contributed by atoms with Crippen molar-refractivity contribution in [3.05, 3.63) is 41.3 Å². The van der Waals surface area contributed by atoms with E-state index in [1.165, 1.54) is 13.2 Å². The standard InChI is InChI=1S/C18H22FN3O2/c1-12(7-8-17(23)24-2)22-10-9-16-14(11-22)18(21-20-16)13-5-3-4-6-15(13)19/h3-6,12H,7-11H2,1-2H3,(H,20,21). The van der Waals surface area contributed by atoms with E-state index in [1.807, 2.05) is 6.07 Å². The average molecular weight is 331 g/mol. The minimum absolute atomic E-state index is 0.185. The van der Waals surface area contributed by atoms with Gasteiger partial charge in [0.05, 0.1) is 12.8 Å². The summed E-state index contributed by atoms with van der Waals surface area (Å²) in [5.74, 6) is -0.447. The van der Waals surface area contributed by atoms with Crippen LogP contribution in [-0.2, 0) is 22.5 Å².